The highest BCUT2D eigenvalue weighted by Gasteiger charge is 2.21. The van der Waals surface area contributed by atoms with Crippen LogP contribution < -0.4 is 5.19 Å². The van der Waals surface area contributed by atoms with Crippen molar-refractivity contribution in [2.75, 3.05) is 0 Å². The van der Waals surface area contributed by atoms with Crippen molar-refractivity contribution in [2.24, 2.45) is 0 Å². The molecule has 0 nitrogen and oxygen atoms in total. The van der Waals surface area contributed by atoms with E-state index in [-0.39, 0.29) is 0 Å². The molecule has 36 heavy (non-hydrogen) atoms. The van der Waals surface area contributed by atoms with Crippen LogP contribution in [0.2, 0.25) is 19.1 Å². The van der Waals surface area contributed by atoms with Crippen LogP contribution in [0, 0.1) is 6.92 Å². The van der Waals surface area contributed by atoms with Gasteiger partial charge in [0.15, 0.2) is 0 Å². The second-order valence-electron chi connectivity index (χ2n) is 12.3. The number of benzene rings is 1. The van der Waals surface area contributed by atoms with Gasteiger partial charge >= 0.3 is 0 Å². The molecule has 0 unspecified atom stereocenters. The fourth-order valence-electron chi connectivity index (χ4n) is 5.67. The quantitative estimate of drug-likeness (QED) is 0.0810. The molecule has 0 aromatic heterocycles. The molecule has 0 saturated carbocycles. The lowest BCUT2D eigenvalue weighted by Gasteiger charge is -2.22. The average molecular weight is 514 g/mol. The van der Waals surface area contributed by atoms with Crippen molar-refractivity contribution in [3.63, 3.8) is 0 Å². The van der Waals surface area contributed by atoms with Crippen LogP contribution in [-0.2, 0) is 0 Å². The van der Waals surface area contributed by atoms with Crippen molar-refractivity contribution < 1.29 is 0 Å². The molecule has 0 spiro atoms. The van der Waals surface area contributed by atoms with Gasteiger partial charge in [-0.05, 0) is 0 Å². The highest BCUT2D eigenvalue weighted by Crippen LogP contribution is 2.18. The Labute approximate surface area is 229 Å². The lowest BCUT2D eigenvalue weighted by atomic mass is 10.0. The van der Waals surface area contributed by atoms with Gasteiger partial charge in [0, 0.05) is 0 Å². The van der Waals surface area contributed by atoms with Crippen LogP contribution in [0.4, 0.5) is 0 Å². The summed E-state index contributed by atoms with van der Waals surface area (Å²) in [5.41, 5.74) is 0. The molecule has 0 atom stereocenters. The summed E-state index contributed by atoms with van der Waals surface area (Å²) in [6.07, 6.45) is 36.2. The Morgan fingerprint density at radius 3 is 1.00 bits per heavy atom. The van der Waals surface area contributed by atoms with Gasteiger partial charge in [-0.2, -0.15) is 0 Å². The van der Waals surface area contributed by atoms with E-state index < -0.39 is 8.07 Å². The summed E-state index contributed by atoms with van der Waals surface area (Å²) in [5.74, 6) is 0. The fraction of sp³-hybridized carbons (Fsp3) is 0.800. The van der Waals surface area contributed by atoms with Crippen LogP contribution in [0.15, 0.2) is 30.3 Å². The molecule has 0 saturated heterocycles. The summed E-state index contributed by atoms with van der Waals surface area (Å²) >= 11 is 0. The zero-order valence-corrected chi connectivity index (χ0v) is 26.0. The molecule has 0 heterocycles. The van der Waals surface area contributed by atoms with Gasteiger partial charge in [-0.3, -0.25) is 0 Å². The van der Waals surface area contributed by atoms with Crippen molar-refractivity contribution in [3.05, 3.63) is 37.3 Å². The Kier molecular flexibility index (Phi) is 23.0. The molecule has 1 rings (SSSR count). The van der Waals surface area contributed by atoms with Crippen LogP contribution in [-0.4, -0.2) is 8.07 Å². The molecular weight excluding hydrogens is 448 g/mol. The molecule has 1 aromatic rings. The Morgan fingerprint density at radius 2 is 0.694 bits per heavy atom. The van der Waals surface area contributed by atoms with Crippen LogP contribution in [0.25, 0.3) is 0 Å². The van der Waals surface area contributed by atoms with E-state index in [9.17, 15) is 0 Å². The first kappa shape index (κ1) is 33.5. The molecule has 0 fully saturated rings. The monoisotopic (exact) mass is 513 g/mol. The Bertz CT molecular complexity index is 549. The van der Waals surface area contributed by atoms with Crippen LogP contribution >= 0.6 is 0 Å². The molecular formula is C35H65Si. The van der Waals surface area contributed by atoms with Gasteiger partial charge in [0.25, 0.3) is 0 Å². The molecule has 0 N–H and O–H groups in total. The van der Waals surface area contributed by atoms with Crippen molar-refractivity contribution >= 4 is 13.3 Å². The smallest absolute Gasteiger partial charge is 0.0654 e. The number of hydrogen-bond donors (Lipinski definition) is 0. The standard InChI is InChI=1S/C35H65Si/c1-4-5-6-7-8-9-10-11-12-13-14-15-16-17-18-19-20-21-22-23-24-25-26-27-31-34-36(2,3)35-32-29-28-30-33-35/h28-30,32-33H,1,4-27,31,34H2,2-3H3. The first-order chi connectivity index (χ1) is 17.7. The van der Waals surface area contributed by atoms with Gasteiger partial charge in [-0.25, -0.2) is 0 Å². The van der Waals surface area contributed by atoms with Gasteiger partial charge in [-0.15, -0.1) is 0 Å². The molecule has 0 aliphatic rings. The van der Waals surface area contributed by atoms with Gasteiger partial charge in [0.2, 0.25) is 0 Å². The maximum atomic E-state index is 3.93. The summed E-state index contributed by atoms with van der Waals surface area (Å²) in [4.78, 5) is 0. The molecule has 0 aliphatic carbocycles. The average Bonchev–Trinajstić information content (AvgIpc) is 2.89. The van der Waals surface area contributed by atoms with E-state index in [0.717, 1.165) is 6.42 Å². The van der Waals surface area contributed by atoms with E-state index in [4.69, 9.17) is 0 Å². The maximum absolute atomic E-state index is 3.93. The lowest BCUT2D eigenvalue weighted by molar-refractivity contribution is 0.517. The lowest BCUT2D eigenvalue weighted by Crippen LogP contribution is -2.40. The van der Waals surface area contributed by atoms with Gasteiger partial charge in [0.1, 0.15) is 0 Å². The second kappa shape index (κ2) is 24.8. The summed E-state index contributed by atoms with van der Waals surface area (Å²) < 4.78 is 0. The summed E-state index contributed by atoms with van der Waals surface area (Å²) in [7, 11) is -1.20. The summed E-state index contributed by atoms with van der Waals surface area (Å²) in [5, 5.41) is 1.63. The van der Waals surface area contributed by atoms with E-state index in [1.165, 1.54) is 160 Å². The maximum Gasteiger partial charge on any atom is 0.0806 e. The van der Waals surface area contributed by atoms with E-state index >= 15 is 0 Å². The third-order valence-electron chi connectivity index (χ3n) is 8.36. The van der Waals surface area contributed by atoms with Crippen LogP contribution in [0.1, 0.15) is 161 Å². The van der Waals surface area contributed by atoms with Gasteiger partial charge in [-0.1, -0.05) is 222 Å². The second-order valence-corrected chi connectivity index (χ2v) is 17.2. The minimum atomic E-state index is -1.20. The van der Waals surface area contributed by atoms with Crippen molar-refractivity contribution in [2.45, 2.75) is 180 Å². The molecule has 209 valence electrons. The van der Waals surface area contributed by atoms with Crippen LogP contribution in [0.5, 0.6) is 0 Å². The van der Waals surface area contributed by atoms with E-state index in [2.05, 4.69) is 50.3 Å². The summed E-state index contributed by atoms with van der Waals surface area (Å²) in [6, 6.07) is 12.7. The Balaban J connectivity index is 1.71. The first-order valence-corrected chi connectivity index (χ1v) is 19.7. The van der Waals surface area contributed by atoms with E-state index in [1.807, 2.05) is 0 Å². The highest BCUT2D eigenvalue weighted by atomic mass is 28.3. The summed E-state index contributed by atoms with van der Waals surface area (Å²) in [6.45, 7) is 9.01. The minimum absolute atomic E-state index is 1.12. The minimum Gasteiger partial charge on any atom is -0.0654 e. The zero-order chi connectivity index (χ0) is 26.0. The molecule has 1 radical (unpaired) electrons. The molecule has 0 bridgehead atoms. The zero-order valence-electron chi connectivity index (χ0n) is 25.0. The topological polar surface area (TPSA) is 0 Å². The predicted octanol–water partition coefficient (Wildman–Crippen LogP) is 12.2. The Morgan fingerprint density at radius 1 is 0.417 bits per heavy atom. The third kappa shape index (κ3) is 20.5. The van der Waals surface area contributed by atoms with Crippen LogP contribution in [0.3, 0.4) is 0 Å². The number of rotatable bonds is 27. The molecule has 1 heteroatoms. The van der Waals surface area contributed by atoms with Gasteiger partial charge in [0.05, 0.1) is 8.07 Å². The molecule has 1 aromatic carbocycles. The molecule has 0 amide bonds. The third-order valence-corrected chi connectivity index (χ3v) is 11.9. The largest absolute Gasteiger partial charge is 0.0806 e. The van der Waals surface area contributed by atoms with Crippen molar-refractivity contribution in [1.29, 1.82) is 0 Å². The highest BCUT2D eigenvalue weighted by molar-refractivity contribution is 6.89. The van der Waals surface area contributed by atoms with Crippen molar-refractivity contribution in [1.82, 2.24) is 0 Å². The predicted molar refractivity (Wildman–Crippen MR) is 169 cm³/mol. The van der Waals surface area contributed by atoms with E-state index in [1.54, 1.807) is 5.19 Å². The first-order valence-electron chi connectivity index (χ1n) is 16.5. The number of unbranched alkanes of at least 4 members (excludes halogenated alkanes) is 24. The molecule has 0 aliphatic heterocycles. The fourth-order valence-corrected chi connectivity index (χ4v) is 8.18. The SMILES string of the molecule is [CH2]CCCCCCCCCCCCCCCCCCCCCCCCCC[Si](C)(C)c1ccccc1. The Hall–Kier alpha value is -0.563. The number of hydrogen-bond acceptors (Lipinski definition) is 0. The van der Waals surface area contributed by atoms with Gasteiger partial charge < -0.3 is 0 Å². The normalized spacial score (nSPS) is 11.9. The van der Waals surface area contributed by atoms with E-state index in [0.29, 0.717) is 0 Å². The van der Waals surface area contributed by atoms with Crippen molar-refractivity contribution in [3.8, 4) is 0 Å².